The normalized spacial score (nSPS) is 12.9. The van der Waals surface area contributed by atoms with Crippen molar-refractivity contribution >= 4 is 11.3 Å². The molecule has 1 heterocycles. The van der Waals surface area contributed by atoms with Crippen molar-refractivity contribution in [3.63, 3.8) is 0 Å². The van der Waals surface area contributed by atoms with Crippen molar-refractivity contribution in [2.24, 2.45) is 0 Å². The smallest absolute Gasteiger partial charge is 0.0943 e. The molecule has 0 aliphatic rings. The van der Waals surface area contributed by atoms with Crippen LogP contribution >= 0.6 is 11.3 Å². The van der Waals surface area contributed by atoms with E-state index in [-0.39, 0.29) is 0 Å². The van der Waals surface area contributed by atoms with Crippen LogP contribution in [0.5, 0.6) is 0 Å². The monoisotopic (exact) mass is 260 g/mol. The Balaban J connectivity index is 2.12. The standard InChI is InChI=1S/C15H20N2S/c1-11(2)12-4-6-13(7-5-12)14(16-3)10-15-17-8-9-18-15/h4-9,11,14,16H,10H2,1-3H3. The van der Waals surface area contributed by atoms with Gasteiger partial charge >= 0.3 is 0 Å². The highest BCUT2D eigenvalue weighted by atomic mass is 32.1. The Kier molecular flexibility index (Phi) is 4.50. The van der Waals surface area contributed by atoms with E-state index in [1.165, 1.54) is 16.1 Å². The van der Waals surface area contributed by atoms with Gasteiger partial charge in [0.05, 0.1) is 5.01 Å². The van der Waals surface area contributed by atoms with Crippen molar-refractivity contribution in [2.75, 3.05) is 7.05 Å². The molecule has 0 radical (unpaired) electrons. The van der Waals surface area contributed by atoms with Crippen LogP contribution in [0.25, 0.3) is 0 Å². The van der Waals surface area contributed by atoms with Gasteiger partial charge in [0.15, 0.2) is 0 Å². The fourth-order valence-electron chi connectivity index (χ4n) is 2.03. The van der Waals surface area contributed by atoms with Gasteiger partial charge in [-0.25, -0.2) is 4.98 Å². The number of hydrogen-bond acceptors (Lipinski definition) is 3. The van der Waals surface area contributed by atoms with Gasteiger partial charge in [0, 0.05) is 24.0 Å². The van der Waals surface area contributed by atoms with Crippen LogP contribution in [-0.4, -0.2) is 12.0 Å². The Labute approximate surface area is 113 Å². The van der Waals surface area contributed by atoms with Crippen molar-refractivity contribution in [3.8, 4) is 0 Å². The molecule has 0 aliphatic heterocycles. The van der Waals surface area contributed by atoms with E-state index in [0.29, 0.717) is 12.0 Å². The van der Waals surface area contributed by atoms with Crippen LogP contribution in [0.1, 0.15) is 41.9 Å². The molecule has 0 aliphatic carbocycles. The lowest BCUT2D eigenvalue weighted by Gasteiger charge is -2.16. The predicted octanol–water partition coefficient (Wildman–Crippen LogP) is 3.77. The van der Waals surface area contributed by atoms with Crippen molar-refractivity contribution in [1.82, 2.24) is 10.3 Å². The second-order valence-electron chi connectivity index (χ2n) is 4.79. The highest BCUT2D eigenvalue weighted by molar-refractivity contribution is 7.09. The molecule has 2 nitrogen and oxygen atoms in total. The molecule has 0 bridgehead atoms. The van der Waals surface area contributed by atoms with Crippen molar-refractivity contribution in [3.05, 3.63) is 52.0 Å². The number of likely N-dealkylation sites (N-methyl/N-ethyl adjacent to an activating group) is 1. The quantitative estimate of drug-likeness (QED) is 0.885. The van der Waals surface area contributed by atoms with E-state index in [1.54, 1.807) is 11.3 Å². The number of aromatic nitrogens is 1. The molecule has 0 saturated heterocycles. The van der Waals surface area contributed by atoms with E-state index in [4.69, 9.17) is 0 Å². The SMILES string of the molecule is CNC(Cc1nccs1)c1ccc(C(C)C)cc1. The Morgan fingerprint density at radius 1 is 1.17 bits per heavy atom. The minimum Gasteiger partial charge on any atom is -0.313 e. The summed E-state index contributed by atoms with van der Waals surface area (Å²) in [6.45, 7) is 4.44. The fraction of sp³-hybridized carbons (Fsp3) is 0.400. The topological polar surface area (TPSA) is 24.9 Å². The second-order valence-corrected chi connectivity index (χ2v) is 5.77. The zero-order valence-corrected chi connectivity index (χ0v) is 12.0. The average Bonchev–Trinajstić information content (AvgIpc) is 2.89. The maximum Gasteiger partial charge on any atom is 0.0943 e. The van der Waals surface area contributed by atoms with Crippen LogP contribution in [0, 0.1) is 0 Å². The minimum atomic E-state index is 0.345. The Morgan fingerprint density at radius 2 is 1.83 bits per heavy atom. The molecule has 1 atom stereocenters. The van der Waals surface area contributed by atoms with Crippen LogP contribution < -0.4 is 5.32 Å². The Bertz CT molecular complexity index is 460. The van der Waals surface area contributed by atoms with E-state index in [1.807, 2.05) is 18.6 Å². The predicted molar refractivity (Wildman–Crippen MR) is 78.1 cm³/mol. The van der Waals surface area contributed by atoms with Gasteiger partial charge in [-0.05, 0) is 24.1 Å². The molecule has 1 aromatic carbocycles. The molecule has 18 heavy (non-hydrogen) atoms. The molecule has 1 aromatic heterocycles. The first kappa shape index (κ1) is 13.2. The number of nitrogens with one attached hydrogen (secondary N) is 1. The zero-order valence-electron chi connectivity index (χ0n) is 11.2. The largest absolute Gasteiger partial charge is 0.313 e. The molecule has 2 aromatic rings. The summed E-state index contributed by atoms with van der Waals surface area (Å²) in [5.41, 5.74) is 2.72. The molecular formula is C15H20N2S. The van der Waals surface area contributed by atoms with Crippen LogP contribution in [0.4, 0.5) is 0 Å². The molecule has 0 fully saturated rings. The summed E-state index contributed by atoms with van der Waals surface area (Å²) >= 11 is 1.72. The van der Waals surface area contributed by atoms with E-state index in [9.17, 15) is 0 Å². The van der Waals surface area contributed by atoms with Gasteiger partial charge < -0.3 is 5.32 Å². The summed E-state index contributed by atoms with van der Waals surface area (Å²) < 4.78 is 0. The highest BCUT2D eigenvalue weighted by Crippen LogP contribution is 2.22. The number of nitrogens with zero attached hydrogens (tertiary/aromatic N) is 1. The lowest BCUT2D eigenvalue weighted by molar-refractivity contribution is 0.590. The molecule has 3 heteroatoms. The van der Waals surface area contributed by atoms with Crippen molar-refractivity contribution < 1.29 is 0 Å². The van der Waals surface area contributed by atoms with Crippen molar-refractivity contribution in [1.29, 1.82) is 0 Å². The van der Waals surface area contributed by atoms with Gasteiger partial charge in [0.2, 0.25) is 0 Å². The Morgan fingerprint density at radius 3 is 2.33 bits per heavy atom. The molecular weight excluding hydrogens is 240 g/mol. The lowest BCUT2D eigenvalue weighted by atomic mass is 9.98. The molecule has 96 valence electrons. The van der Waals surface area contributed by atoms with Crippen LogP contribution in [0.3, 0.4) is 0 Å². The van der Waals surface area contributed by atoms with Gasteiger partial charge in [-0.3, -0.25) is 0 Å². The summed E-state index contributed by atoms with van der Waals surface area (Å²) in [4.78, 5) is 4.35. The van der Waals surface area contributed by atoms with Gasteiger partial charge in [-0.1, -0.05) is 38.1 Å². The first-order valence-corrected chi connectivity index (χ1v) is 7.24. The highest BCUT2D eigenvalue weighted by Gasteiger charge is 2.11. The summed E-state index contributed by atoms with van der Waals surface area (Å²) in [5, 5.41) is 6.59. The molecule has 1 N–H and O–H groups in total. The first-order valence-electron chi connectivity index (χ1n) is 6.36. The van der Waals surface area contributed by atoms with Gasteiger partial charge in [0.25, 0.3) is 0 Å². The molecule has 0 amide bonds. The summed E-state index contributed by atoms with van der Waals surface area (Å²) in [6, 6.07) is 9.25. The third-order valence-electron chi connectivity index (χ3n) is 3.22. The maximum atomic E-state index is 4.35. The fourth-order valence-corrected chi connectivity index (χ4v) is 2.69. The van der Waals surface area contributed by atoms with Gasteiger partial charge in [0.1, 0.15) is 0 Å². The molecule has 2 rings (SSSR count). The zero-order chi connectivity index (χ0) is 13.0. The summed E-state index contributed by atoms with van der Waals surface area (Å²) in [5.74, 6) is 0.589. The maximum absolute atomic E-state index is 4.35. The molecule has 0 saturated carbocycles. The lowest BCUT2D eigenvalue weighted by Crippen LogP contribution is -2.18. The van der Waals surface area contributed by atoms with Crippen LogP contribution in [0.15, 0.2) is 35.8 Å². The summed E-state index contributed by atoms with van der Waals surface area (Å²) in [7, 11) is 2.01. The van der Waals surface area contributed by atoms with E-state index in [2.05, 4.69) is 48.4 Å². The number of rotatable bonds is 5. The minimum absolute atomic E-state index is 0.345. The van der Waals surface area contributed by atoms with Gasteiger partial charge in [-0.15, -0.1) is 11.3 Å². The molecule has 0 spiro atoms. The van der Waals surface area contributed by atoms with E-state index >= 15 is 0 Å². The first-order chi connectivity index (χ1) is 8.70. The van der Waals surface area contributed by atoms with Crippen LogP contribution in [-0.2, 0) is 6.42 Å². The Hall–Kier alpha value is -1.19. The third-order valence-corrected chi connectivity index (χ3v) is 4.02. The van der Waals surface area contributed by atoms with Crippen molar-refractivity contribution in [2.45, 2.75) is 32.2 Å². The number of thiazole rings is 1. The second kappa shape index (κ2) is 6.12. The average molecular weight is 260 g/mol. The van der Waals surface area contributed by atoms with E-state index in [0.717, 1.165) is 6.42 Å². The van der Waals surface area contributed by atoms with E-state index < -0.39 is 0 Å². The number of hydrogen-bond donors (Lipinski definition) is 1. The third kappa shape index (κ3) is 3.18. The van der Waals surface area contributed by atoms with Crippen LogP contribution in [0.2, 0.25) is 0 Å². The molecule has 1 unspecified atom stereocenters. The van der Waals surface area contributed by atoms with Gasteiger partial charge in [-0.2, -0.15) is 0 Å². The number of benzene rings is 1. The summed E-state index contributed by atoms with van der Waals surface area (Å²) in [6.07, 6.45) is 2.82.